The molecular formula is C32H32N2O4. The van der Waals surface area contributed by atoms with E-state index in [1.54, 1.807) is 13.0 Å². The molecule has 0 spiro atoms. The SMILES string of the molecule is [C-]#[N+]c1ccc2c(-c3ccc4c5c(ccnc35)CCO4)c([C@H](OC(C)(C)C)C(C)=O)c(C)cc2c1OCC. The summed E-state index contributed by atoms with van der Waals surface area (Å²) in [4.78, 5) is 21.7. The first-order chi connectivity index (χ1) is 18.1. The molecule has 0 unspecified atom stereocenters. The smallest absolute Gasteiger partial charge is 0.228 e. The van der Waals surface area contributed by atoms with Crippen LogP contribution in [0.15, 0.2) is 42.6 Å². The van der Waals surface area contributed by atoms with Crippen molar-refractivity contribution in [2.45, 2.75) is 59.7 Å². The largest absolute Gasteiger partial charge is 0.504 e. The average molecular weight is 509 g/mol. The molecule has 0 aliphatic carbocycles. The number of aryl methyl sites for hydroxylation is 1. The number of carbonyl (C=O) groups is 1. The molecule has 0 N–H and O–H groups in total. The quantitative estimate of drug-likeness (QED) is 0.250. The highest BCUT2D eigenvalue weighted by Gasteiger charge is 2.31. The van der Waals surface area contributed by atoms with Gasteiger partial charge in [0, 0.05) is 29.0 Å². The first kappa shape index (κ1) is 25.7. The number of rotatable bonds is 6. The lowest BCUT2D eigenvalue weighted by atomic mass is 9.84. The Morgan fingerprint density at radius 1 is 1.18 bits per heavy atom. The second kappa shape index (κ2) is 9.74. The van der Waals surface area contributed by atoms with Gasteiger partial charge >= 0.3 is 0 Å². The summed E-state index contributed by atoms with van der Waals surface area (Å²) >= 11 is 0. The molecule has 4 aromatic rings. The summed E-state index contributed by atoms with van der Waals surface area (Å²) in [5.74, 6) is 1.28. The normalized spacial score (nSPS) is 13.7. The second-order valence-corrected chi connectivity index (χ2v) is 10.7. The molecule has 38 heavy (non-hydrogen) atoms. The third-order valence-electron chi connectivity index (χ3n) is 6.85. The Hall–Kier alpha value is -3.95. The van der Waals surface area contributed by atoms with Crippen molar-refractivity contribution in [1.82, 2.24) is 4.98 Å². The number of ketones is 1. The Kier molecular flexibility index (Phi) is 6.58. The standard InChI is InChI=1S/C32H32N2O4/c1-8-36-31-23-17-18(2)26(30(19(3)35)38-32(4,5)6)28(21(23)9-11-24(31)33-7)22-10-12-25-27-20(14-16-37-25)13-15-34-29(22)27/h9-13,15,17,30H,8,14,16H2,1-6H3/t30-/m1/s1. The number of carbonyl (C=O) groups excluding carboxylic acids is 1. The van der Waals surface area contributed by atoms with E-state index in [4.69, 9.17) is 25.8 Å². The van der Waals surface area contributed by atoms with Crippen LogP contribution in [0.1, 0.15) is 57.4 Å². The maximum absolute atomic E-state index is 13.2. The lowest BCUT2D eigenvalue weighted by Gasteiger charge is -2.30. The molecule has 6 nitrogen and oxygen atoms in total. The van der Waals surface area contributed by atoms with Gasteiger partial charge in [0.25, 0.3) is 0 Å². The lowest BCUT2D eigenvalue weighted by molar-refractivity contribution is -0.138. The fourth-order valence-electron chi connectivity index (χ4n) is 5.40. The molecule has 1 aliphatic rings. The van der Waals surface area contributed by atoms with Crippen LogP contribution in [0.5, 0.6) is 11.5 Å². The molecule has 2 heterocycles. The molecule has 0 fully saturated rings. The third kappa shape index (κ3) is 4.37. The second-order valence-electron chi connectivity index (χ2n) is 10.7. The van der Waals surface area contributed by atoms with E-state index in [-0.39, 0.29) is 5.78 Å². The van der Waals surface area contributed by atoms with Gasteiger partial charge in [0.2, 0.25) is 5.69 Å². The molecule has 0 bridgehead atoms. The summed E-state index contributed by atoms with van der Waals surface area (Å²) in [6.07, 6.45) is 1.86. The van der Waals surface area contributed by atoms with Gasteiger partial charge in [-0.1, -0.05) is 12.1 Å². The maximum atomic E-state index is 13.2. The molecule has 0 radical (unpaired) electrons. The Bertz CT molecular complexity index is 1620. The monoisotopic (exact) mass is 508 g/mol. The van der Waals surface area contributed by atoms with Crippen LogP contribution >= 0.6 is 0 Å². The Balaban J connectivity index is 1.96. The van der Waals surface area contributed by atoms with Crippen LogP contribution in [0.4, 0.5) is 5.69 Å². The fourth-order valence-corrected chi connectivity index (χ4v) is 5.40. The van der Waals surface area contributed by atoms with Gasteiger partial charge in [0.05, 0.1) is 30.9 Å². The Morgan fingerprint density at radius 2 is 1.97 bits per heavy atom. The molecule has 0 amide bonds. The van der Waals surface area contributed by atoms with Crippen molar-refractivity contribution in [1.29, 1.82) is 0 Å². The van der Waals surface area contributed by atoms with E-state index in [2.05, 4.69) is 4.85 Å². The summed E-state index contributed by atoms with van der Waals surface area (Å²) in [5.41, 5.74) is 5.36. The van der Waals surface area contributed by atoms with E-state index in [1.165, 1.54) is 5.56 Å². The van der Waals surface area contributed by atoms with Crippen LogP contribution in [0.3, 0.4) is 0 Å². The van der Waals surface area contributed by atoms with Crippen molar-refractivity contribution in [2.24, 2.45) is 0 Å². The number of pyridine rings is 1. The van der Waals surface area contributed by atoms with Crippen LogP contribution in [-0.2, 0) is 16.0 Å². The molecular weight excluding hydrogens is 476 g/mol. The van der Waals surface area contributed by atoms with Crippen molar-refractivity contribution in [3.63, 3.8) is 0 Å². The van der Waals surface area contributed by atoms with Gasteiger partial charge in [-0.05, 0) is 93.4 Å². The van der Waals surface area contributed by atoms with E-state index in [0.717, 1.165) is 56.1 Å². The molecule has 0 saturated carbocycles. The summed E-state index contributed by atoms with van der Waals surface area (Å²) in [6, 6.07) is 11.8. The van der Waals surface area contributed by atoms with Crippen molar-refractivity contribution in [3.8, 4) is 22.6 Å². The predicted molar refractivity (Wildman–Crippen MR) is 150 cm³/mol. The summed E-state index contributed by atoms with van der Waals surface area (Å²) in [6.45, 7) is 20.1. The number of ether oxygens (including phenoxy) is 3. The van der Waals surface area contributed by atoms with Gasteiger partial charge in [-0.3, -0.25) is 9.78 Å². The average Bonchev–Trinajstić information content (AvgIpc) is 2.87. The van der Waals surface area contributed by atoms with Crippen LogP contribution in [0, 0.1) is 13.5 Å². The van der Waals surface area contributed by atoms with Crippen molar-refractivity contribution < 1.29 is 19.0 Å². The number of aromatic nitrogens is 1. The summed E-state index contributed by atoms with van der Waals surface area (Å²) in [5, 5.41) is 2.70. The van der Waals surface area contributed by atoms with Crippen molar-refractivity contribution >= 4 is 33.1 Å². The number of Topliss-reactive ketones (excluding diaryl/α,β-unsaturated/α-hetero) is 1. The molecule has 5 rings (SSSR count). The molecule has 6 heteroatoms. The first-order valence-electron chi connectivity index (χ1n) is 13.0. The molecule has 1 atom stereocenters. The highest BCUT2D eigenvalue weighted by Crippen LogP contribution is 2.48. The van der Waals surface area contributed by atoms with Crippen LogP contribution < -0.4 is 9.47 Å². The summed E-state index contributed by atoms with van der Waals surface area (Å²) < 4.78 is 18.4. The van der Waals surface area contributed by atoms with Gasteiger partial charge in [0.1, 0.15) is 17.6 Å². The van der Waals surface area contributed by atoms with Gasteiger partial charge in [-0.2, -0.15) is 0 Å². The number of fused-ring (bicyclic) bond motifs is 1. The van der Waals surface area contributed by atoms with E-state index in [9.17, 15) is 4.79 Å². The minimum atomic E-state index is -0.785. The van der Waals surface area contributed by atoms with Crippen molar-refractivity contribution in [2.75, 3.05) is 13.2 Å². The number of hydrogen-bond donors (Lipinski definition) is 0. The highest BCUT2D eigenvalue weighted by atomic mass is 16.5. The molecule has 194 valence electrons. The van der Waals surface area contributed by atoms with E-state index < -0.39 is 11.7 Å². The zero-order chi connectivity index (χ0) is 27.2. The van der Waals surface area contributed by atoms with E-state index >= 15 is 0 Å². The van der Waals surface area contributed by atoms with E-state index in [0.29, 0.717) is 24.7 Å². The zero-order valence-corrected chi connectivity index (χ0v) is 22.8. The number of hydrogen-bond acceptors (Lipinski definition) is 5. The Morgan fingerprint density at radius 3 is 2.66 bits per heavy atom. The Labute approximate surface area is 223 Å². The predicted octanol–water partition coefficient (Wildman–Crippen LogP) is 7.69. The molecule has 1 aromatic heterocycles. The van der Waals surface area contributed by atoms with E-state index in [1.807, 2.05) is 71.1 Å². The molecule has 0 saturated heterocycles. The van der Waals surface area contributed by atoms with Gasteiger partial charge in [-0.15, -0.1) is 0 Å². The van der Waals surface area contributed by atoms with Gasteiger partial charge in [0.15, 0.2) is 5.78 Å². The highest BCUT2D eigenvalue weighted by molar-refractivity contribution is 6.11. The minimum Gasteiger partial charge on any atom is -0.504 e. The van der Waals surface area contributed by atoms with Gasteiger partial charge < -0.3 is 14.2 Å². The molecule has 3 aromatic carbocycles. The van der Waals surface area contributed by atoms with Crippen LogP contribution in [0.2, 0.25) is 0 Å². The zero-order valence-electron chi connectivity index (χ0n) is 22.8. The fraction of sp³-hybridized carbons (Fsp3) is 0.344. The van der Waals surface area contributed by atoms with Gasteiger partial charge in [-0.25, -0.2) is 4.85 Å². The minimum absolute atomic E-state index is 0.0783. The first-order valence-corrected chi connectivity index (χ1v) is 13.0. The van der Waals surface area contributed by atoms with Crippen LogP contribution in [-0.4, -0.2) is 29.6 Å². The number of nitrogens with zero attached hydrogens (tertiary/aromatic N) is 2. The van der Waals surface area contributed by atoms with Crippen LogP contribution in [0.25, 0.3) is 37.6 Å². The van der Waals surface area contributed by atoms with Crippen molar-refractivity contribution in [3.05, 3.63) is 70.7 Å². The third-order valence-corrected chi connectivity index (χ3v) is 6.85. The number of benzene rings is 3. The lowest BCUT2D eigenvalue weighted by Crippen LogP contribution is -2.27. The summed E-state index contributed by atoms with van der Waals surface area (Å²) in [7, 11) is 0. The topological polar surface area (TPSA) is 62.0 Å². The molecule has 1 aliphatic heterocycles. The maximum Gasteiger partial charge on any atom is 0.228 e.